The summed E-state index contributed by atoms with van der Waals surface area (Å²) in [4.78, 5) is 3.93. The van der Waals surface area contributed by atoms with E-state index >= 15 is 0 Å². The van der Waals surface area contributed by atoms with Gasteiger partial charge in [-0.15, -0.1) is 11.8 Å². The fourth-order valence-corrected chi connectivity index (χ4v) is 5.08. The van der Waals surface area contributed by atoms with E-state index in [0.717, 1.165) is 31.1 Å². The van der Waals surface area contributed by atoms with Crippen LogP contribution in [0.15, 0.2) is 35.2 Å². The van der Waals surface area contributed by atoms with Crippen LogP contribution in [-0.2, 0) is 6.42 Å². The molecule has 2 aromatic rings. The molecule has 0 bridgehead atoms. The van der Waals surface area contributed by atoms with Crippen molar-refractivity contribution in [3.8, 4) is 16.9 Å². The van der Waals surface area contributed by atoms with E-state index in [-0.39, 0.29) is 0 Å². The van der Waals surface area contributed by atoms with Crippen molar-refractivity contribution < 1.29 is 4.74 Å². The highest BCUT2D eigenvalue weighted by Crippen LogP contribution is 2.39. The molecule has 1 N–H and O–H groups in total. The Kier molecular flexibility index (Phi) is 5.70. The Balaban J connectivity index is 1.79. The molecule has 2 aromatic carbocycles. The van der Waals surface area contributed by atoms with Gasteiger partial charge in [0.05, 0.1) is 7.11 Å². The van der Waals surface area contributed by atoms with Crippen molar-refractivity contribution in [3.63, 3.8) is 0 Å². The number of aryl methyl sites for hydroxylation is 2. The zero-order chi connectivity index (χ0) is 19.7. The third-order valence-corrected chi connectivity index (χ3v) is 6.69. The van der Waals surface area contributed by atoms with Crippen LogP contribution in [0.4, 0.5) is 5.69 Å². The van der Waals surface area contributed by atoms with Crippen LogP contribution in [0.1, 0.15) is 37.0 Å². The molecule has 0 amide bonds. The summed E-state index contributed by atoms with van der Waals surface area (Å²) in [7, 11) is 1.77. The molecule has 0 radical (unpaired) electrons. The number of methoxy groups -OCH3 is 1. The number of nitrogens with zero attached hydrogens (tertiary/aromatic N) is 1. The van der Waals surface area contributed by atoms with Crippen LogP contribution in [-0.4, -0.2) is 32.1 Å². The first kappa shape index (κ1) is 19.4. The van der Waals surface area contributed by atoms with Crippen molar-refractivity contribution in [2.75, 3.05) is 31.0 Å². The van der Waals surface area contributed by atoms with Crippen molar-refractivity contribution in [1.29, 1.82) is 0 Å². The van der Waals surface area contributed by atoms with Crippen LogP contribution in [0.5, 0.6) is 5.75 Å². The van der Waals surface area contributed by atoms with Crippen LogP contribution in [0.3, 0.4) is 0 Å². The smallest absolute Gasteiger partial charge is 0.126 e. The highest BCUT2D eigenvalue weighted by Gasteiger charge is 2.21. The Morgan fingerprint density at radius 2 is 2.04 bits per heavy atom. The average Bonchev–Trinajstić information content (AvgIpc) is 3.20. The number of hydrogen-bond donors (Lipinski definition) is 1. The van der Waals surface area contributed by atoms with E-state index in [9.17, 15) is 0 Å². The first-order chi connectivity index (χ1) is 13.6. The van der Waals surface area contributed by atoms with Gasteiger partial charge in [0.1, 0.15) is 5.75 Å². The topological polar surface area (TPSA) is 24.5 Å². The average molecular weight is 395 g/mol. The molecule has 3 nitrogen and oxygen atoms in total. The molecule has 4 heteroatoms. The van der Waals surface area contributed by atoms with E-state index in [0.29, 0.717) is 6.04 Å². The normalized spacial score (nSPS) is 18.0. The summed E-state index contributed by atoms with van der Waals surface area (Å²) >= 11 is 1.89. The lowest BCUT2D eigenvalue weighted by Gasteiger charge is -2.35. The number of nitrogens with one attached hydrogen (secondary N) is 1. The van der Waals surface area contributed by atoms with Gasteiger partial charge in [0, 0.05) is 41.2 Å². The van der Waals surface area contributed by atoms with Gasteiger partial charge in [-0.1, -0.05) is 6.07 Å². The van der Waals surface area contributed by atoms with Gasteiger partial charge >= 0.3 is 0 Å². The van der Waals surface area contributed by atoms with Crippen LogP contribution in [0.2, 0.25) is 0 Å². The van der Waals surface area contributed by atoms with Gasteiger partial charge in [-0.25, -0.2) is 0 Å². The Morgan fingerprint density at radius 1 is 1.18 bits per heavy atom. The fourth-order valence-electron chi connectivity index (χ4n) is 4.27. The maximum atomic E-state index is 5.73. The van der Waals surface area contributed by atoms with Crippen molar-refractivity contribution in [3.05, 3.63) is 51.9 Å². The molecule has 2 aliphatic rings. The second kappa shape index (κ2) is 8.22. The lowest BCUT2D eigenvalue weighted by atomic mass is 9.91. The summed E-state index contributed by atoms with van der Waals surface area (Å²) < 4.78 is 5.73. The molecule has 28 heavy (non-hydrogen) atoms. The van der Waals surface area contributed by atoms with E-state index in [2.05, 4.69) is 67.4 Å². The van der Waals surface area contributed by atoms with Crippen molar-refractivity contribution in [2.24, 2.45) is 0 Å². The second-order valence-corrected chi connectivity index (χ2v) is 9.07. The number of rotatable bonds is 4. The number of thioether (sulfide) groups is 1. The van der Waals surface area contributed by atoms with Crippen molar-refractivity contribution >= 4 is 23.5 Å². The zero-order valence-corrected chi connectivity index (χ0v) is 18.2. The Labute approximate surface area is 173 Å². The fraction of sp³-hybridized carbons (Fsp3) is 0.417. The summed E-state index contributed by atoms with van der Waals surface area (Å²) in [6.45, 7) is 8.92. The Bertz CT molecular complexity index is 896. The lowest BCUT2D eigenvalue weighted by molar-refractivity contribution is 0.416. The molecule has 2 aliphatic heterocycles. The molecule has 0 spiro atoms. The molecule has 0 atom stereocenters. The number of anilines is 1. The molecule has 0 unspecified atom stereocenters. The minimum absolute atomic E-state index is 0.534. The molecule has 1 saturated heterocycles. The van der Waals surface area contributed by atoms with Crippen LogP contribution >= 0.6 is 11.8 Å². The van der Waals surface area contributed by atoms with Crippen LogP contribution in [0.25, 0.3) is 17.2 Å². The Hall–Kier alpha value is -1.91. The van der Waals surface area contributed by atoms with Crippen molar-refractivity contribution in [2.45, 2.75) is 39.7 Å². The summed E-state index contributed by atoms with van der Waals surface area (Å²) in [6, 6.07) is 11.9. The molecular weight excluding hydrogens is 364 g/mol. The van der Waals surface area contributed by atoms with Crippen LogP contribution < -0.4 is 15.0 Å². The van der Waals surface area contributed by atoms with E-state index < -0.39 is 0 Å². The predicted molar refractivity (Wildman–Crippen MR) is 122 cm³/mol. The SMILES string of the molecule is COc1ccc(C=C2CNCS2)cc1-c1cc2c(cc1C)N(C(C)C)CCC2. The molecule has 0 aromatic heterocycles. The summed E-state index contributed by atoms with van der Waals surface area (Å²) in [5.74, 6) is 1.95. The third-order valence-electron chi connectivity index (χ3n) is 5.70. The molecule has 1 fully saturated rings. The maximum Gasteiger partial charge on any atom is 0.126 e. The lowest BCUT2D eigenvalue weighted by Crippen LogP contribution is -2.35. The summed E-state index contributed by atoms with van der Waals surface area (Å²) in [5.41, 5.74) is 7.90. The standard InChI is InChI=1S/C24H30N2OS/c1-16(2)26-9-5-6-19-13-21(17(3)10-23(19)26)22-12-18(7-8-24(22)27-4)11-20-14-25-15-28-20/h7-8,10-13,16,25H,5-6,9,14-15H2,1-4H3. The monoisotopic (exact) mass is 394 g/mol. The first-order valence-corrected chi connectivity index (χ1v) is 11.2. The predicted octanol–water partition coefficient (Wildman–Crippen LogP) is 5.47. The molecular formula is C24H30N2OS. The summed E-state index contributed by atoms with van der Waals surface area (Å²) in [5, 5.41) is 3.38. The maximum absolute atomic E-state index is 5.73. The van der Waals surface area contributed by atoms with Gasteiger partial charge in [0.2, 0.25) is 0 Å². The minimum atomic E-state index is 0.534. The van der Waals surface area contributed by atoms with Gasteiger partial charge in [0.25, 0.3) is 0 Å². The van der Waals surface area contributed by atoms with Gasteiger partial charge in [-0.05, 0) is 86.2 Å². The highest BCUT2D eigenvalue weighted by molar-refractivity contribution is 8.03. The molecule has 2 heterocycles. The quantitative estimate of drug-likeness (QED) is 0.743. The Morgan fingerprint density at radius 3 is 2.75 bits per heavy atom. The molecule has 0 aliphatic carbocycles. The minimum Gasteiger partial charge on any atom is -0.496 e. The van der Waals surface area contributed by atoms with Gasteiger partial charge in [-0.3, -0.25) is 0 Å². The summed E-state index contributed by atoms with van der Waals surface area (Å²) in [6.07, 6.45) is 4.67. The highest BCUT2D eigenvalue weighted by atomic mass is 32.2. The van der Waals surface area contributed by atoms with Crippen LogP contribution in [0, 0.1) is 6.92 Å². The third kappa shape index (κ3) is 3.81. The van der Waals surface area contributed by atoms with E-state index in [1.54, 1.807) is 7.11 Å². The second-order valence-electron chi connectivity index (χ2n) is 7.97. The van der Waals surface area contributed by atoms with E-state index in [4.69, 9.17) is 4.74 Å². The molecule has 148 valence electrons. The number of hydrogen-bond acceptors (Lipinski definition) is 4. The largest absolute Gasteiger partial charge is 0.496 e. The molecule has 0 saturated carbocycles. The number of fused-ring (bicyclic) bond motifs is 1. The van der Waals surface area contributed by atoms with Gasteiger partial charge in [-0.2, -0.15) is 0 Å². The van der Waals surface area contributed by atoms with Gasteiger partial charge < -0.3 is 15.0 Å². The zero-order valence-electron chi connectivity index (χ0n) is 17.3. The first-order valence-electron chi connectivity index (χ1n) is 10.2. The van der Waals surface area contributed by atoms with Crippen molar-refractivity contribution in [1.82, 2.24) is 5.32 Å². The van der Waals surface area contributed by atoms with E-state index in [1.165, 1.54) is 44.8 Å². The molecule has 4 rings (SSSR count). The number of benzene rings is 2. The van der Waals surface area contributed by atoms with Gasteiger partial charge in [0.15, 0.2) is 0 Å². The number of ether oxygens (including phenoxy) is 1. The van der Waals surface area contributed by atoms with E-state index in [1.807, 2.05) is 11.8 Å².